The first-order valence-corrected chi connectivity index (χ1v) is 10.4. The SMILES string of the molecule is c1ccc2c(c1)[Se]c1ccccc1N2c1cc2sccc2s1. The van der Waals surface area contributed by atoms with E-state index < -0.39 is 0 Å². The van der Waals surface area contributed by atoms with Crippen LogP contribution in [0.3, 0.4) is 0 Å². The van der Waals surface area contributed by atoms with Crippen LogP contribution in [0.5, 0.6) is 0 Å². The second-order valence-electron chi connectivity index (χ2n) is 5.11. The van der Waals surface area contributed by atoms with Gasteiger partial charge in [-0.15, -0.1) is 0 Å². The van der Waals surface area contributed by atoms with Gasteiger partial charge in [0.05, 0.1) is 0 Å². The van der Waals surface area contributed by atoms with Crippen molar-refractivity contribution in [3.05, 3.63) is 66.0 Å². The molecular formula is C18H11NS2Se. The van der Waals surface area contributed by atoms with E-state index in [2.05, 4.69) is 70.9 Å². The summed E-state index contributed by atoms with van der Waals surface area (Å²) in [4.78, 5) is 2.44. The standard InChI is InChI=1S/C18H11NS2Se/c1-3-7-16-12(5-1)19(13-6-2-4-8-17(13)22-16)18-11-15-14(21-18)9-10-20-15/h1-11H. The van der Waals surface area contributed by atoms with Crippen LogP contribution in [0.15, 0.2) is 66.0 Å². The molecule has 22 heavy (non-hydrogen) atoms. The fourth-order valence-electron chi connectivity index (χ4n) is 2.81. The fraction of sp³-hybridized carbons (Fsp3) is 0. The van der Waals surface area contributed by atoms with Crippen LogP contribution < -0.4 is 13.8 Å². The molecule has 0 fully saturated rings. The Bertz CT molecular complexity index is 911. The molecule has 0 unspecified atom stereocenters. The molecule has 2 aromatic heterocycles. The van der Waals surface area contributed by atoms with Crippen LogP contribution in [0, 0.1) is 0 Å². The first-order chi connectivity index (χ1) is 10.9. The molecule has 1 aliphatic rings. The molecule has 0 aliphatic carbocycles. The molecule has 0 saturated carbocycles. The average Bonchev–Trinajstić information content (AvgIpc) is 3.14. The molecule has 0 radical (unpaired) electrons. The third-order valence-electron chi connectivity index (χ3n) is 3.78. The Kier molecular flexibility index (Phi) is 2.92. The van der Waals surface area contributed by atoms with E-state index in [1.165, 1.54) is 34.7 Å². The molecule has 0 amide bonds. The van der Waals surface area contributed by atoms with Crippen molar-refractivity contribution >= 4 is 72.3 Å². The molecule has 0 bridgehead atoms. The van der Waals surface area contributed by atoms with Gasteiger partial charge in [-0.2, -0.15) is 0 Å². The number of anilines is 3. The number of hydrogen-bond acceptors (Lipinski definition) is 3. The van der Waals surface area contributed by atoms with Crippen molar-refractivity contribution in [3.8, 4) is 0 Å². The summed E-state index contributed by atoms with van der Waals surface area (Å²) in [5, 5.41) is 3.49. The topological polar surface area (TPSA) is 3.24 Å². The van der Waals surface area contributed by atoms with Gasteiger partial charge in [0, 0.05) is 0 Å². The van der Waals surface area contributed by atoms with Crippen molar-refractivity contribution in [1.29, 1.82) is 0 Å². The Hall–Kier alpha value is -1.58. The molecule has 4 heteroatoms. The number of thiophene rings is 2. The van der Waals surface area contributed by atoms with Crippen LogP contribution in [0.1, 0.15) is 0 Å². The zero-order valence-corrected chi connectivity index (χ0v) is 14.9. The third kappa shape index (κ3) is 1.89. The van der Waals surface area contributed by atoms with Crippen LogP contribution in [-0.2, 0) is 0 Å². The van der Waals surface area contributed by atoms with E-state index in [9.17, 15) is 0 Å². The Balaban J connectivity index is 1.78. The molecule has 106 valence electrons. The van der Waals surface area contributed by atoms with Gasteiger partial charge < -0.3 is 0 Å². The molecule has 0 spiro atoms. The molecule has 2 aromatic carbocycles. The minimum atomic E-state index is 0.387. The van der Waals surface area contributed by atoms with Gasteiger partial charge in [0.25, 0.3) is 0 Å². The van der Waals surface area contributed by atoms with E-state index in [0.717, 1.165) is 0 Å². The normalized spacial score (nSPS) is 13.2. The molecule has 0 saturated heterocycles. The summed E-state index contributed by atoms with van der Waals surface area (Å²) in [5.41, 5.74) is 2.69. The van der Waals surface area contributed by atoms with Gasteiger partial charge >= 0.3 is 143 Å². The van der Waals surface area contributed by atoms with E-state index in [1.807, 2.05) is 22.7 Å². The molecule has 3 heterocycles. The first kappa shape index (κ1) is 12.9. The van der Waals surface area contributed by atoms with Gasteiger partial charge in [-0.25, -0.2) is 0 Å². The molecular weight excluding hydrogens is 373 g/mol. The molecule has 5 rings (SSSR count). The maximum absolute atomic E-state index is 2.44. The van der Waals surface area contributed by atoms with Gasteiger partial charge in [0.1, 0.15) is 0 Å². The predicted octanol–water partition coefficient (Wildman–Crippen LogP) is 4.40. The van der Waals surface area contributed by atoms with Gasteiger partial charge in [-0.1, -0.05) is 0 Å². The molecule has 4 aromatic rings. The van der Waals surface area contributed by atoms with Crippen LogP contribution in [0.25, 0.3) is 9.40 Å². The molecule has 1 nitrogen and oxygen atoms in total. The minimum absolute atomic E-state index is 0.387. The monoisotopic (exact) mass is 385 g/mol. The van der Waals surface area contributed by atoms with Crippen molar-refractivity contribution < 1.29 is 0 Å². The predicted molar refractivity (Wildman–Crippen MR) is 99.4 cm³/mol. The number of fused-ring (bicyclic) bond motifs is 3. The second kappa shape index (κ2) is 4.97. The summed E-state index contributed by atoms with van der Waals surface area (Å²) < 4.78 is 5.69. The molecule has 1 aliphatic heterocycles. The van der Waals surface area contributed by atoms with Crippen molar-refractivity contribution in [2.75, 3.05) is 4.90 Å². The van der Waals surface area contributed by atoms with E-state index in [-0.39, 0.29) is 0 Å². The van der Waals surface area contributed by atoms with Crippen molar-refractivity contribution in [1.82, 2.24) is 0 Å². The van der Waals surface area contributed by atoms with Gasteiger partial charge in [0.2, 0.25) is 0 Å². The average molecular weight is 384 g/mol. The van der Waals surface area contributed by atoms with E-state index >= 15 is 0 Å². The van der Waals surface area contributed by atoms with E-state index in [4.69, 9.17) is 0 Å². The summed E-state index contributed by atoms with van der Waals surface area (Å²) in [6, 6.07) is 22.2. The summed E-state index contributed by atoms with van der Waals surface area (Å²) in [7, 11) is 0. The van der Waals surface area contributed by atoms with Crippen LogP contribution in [0.4, 0.5) is 16.4 Å². The van der Waals surface area contributed by atoms with E-state index in [0.29, 0.717) is 15.0 Å². The van der Waals surface area contributed by atoms with Crippen molar-refractivity contribution in [3.63, 3.8) is 0 Å². The number of rotatable bonds is 1. The van der Waals surface area contributed by atoms with Gasteiger partial charge in [-0.3, -0.25) is 0 Å². The van der Waals surface area contributed by atoms with Crippen LogP contribution >= 0.6 is 22.7 Å². The second-order valence-corrected chi connectivity index (χ2v) is 9.39. The molecule has 0 atom stereocenters. The zero-order valence-electron chi connectivity index (χ0n) is 11.5. The summed E-state index contributed by atoms with van der Waals surface area (Å²) in [6.07, 6.45) is 0. The van der Waals surface area contributed by atoms with Gasteiger partial charge in [-0.05, 0) is 0 Å². The molecule has 0 N–H and O–H groups in total. The summed E-state index contributed by atoms with van der Waals surface area (Å²) in [6.45, 7) is 0. The number of nitrogens with zero attached hydrogens (tertiary/aromatic N) is 1. The Morgan fingerprint density at radius 1 is 0.773 bits per heavy atom. The fourth-order valence-corrected chi connectivity index (χ4v) is 7.16. The zero-order chi connectivity index (χ0) is 14.5. The van der Waals surface area contributed by atoms with Crippen LogP contribution in [-0.4, -0.2) is 15.0 Å². The first-order valence-electron chi connectivity index (χ1n) is 7.03. The van der Waals surface area contributed by atoms with Crippen molar-refractivity contribution in [2.45, 2.75) is 0 Å². The quantitative estimate of drug-likeness (QED) is 0.387. The Morgan fingerprint density at radius 3 is 2.14 bits per heavy atom. The maximum atomic E-state index is 2.44. The van der Waals surface area contributed by atoms with Crippen molar-refractivity contribution in [2.24, 2.45) is 0 Å². The number of hydrogen-bond donors (Lipinski definition) is 0. The van der Waals surface area contributed by atoms with Gasteiger partial charge in [0.15, 0.2) is 0 Å². The van der Waals surface area contributed by atoms with E-state index in [1.54, 1.807) is 0 Å². The van der Waals surface area contributed by atoms with Crippen LogP contribution in [0.2, 0.25) is 0 Å². The Labute approximate surface area is 143 Å². The summed E-state index contributed by atoms with van der Waals surface area (Å²) in [5.74, 6) is 0. The third-order valence-corrected chi connectivity index (χ3v) is 8.23. The Morgan fingerprint density at radius 2 is 1.45 bits per heavy atom. The summed E-state index contributed by atoms with van der Waals surface area (Å²) >= 11 is 4.09. The number of benzene rings is 2. The number of para-hydroxylation sites is 2.